The number of benzene rings is 1. The standard InChI is InChI=1S/C15H18O/c1-11-7-8-12-9-14(11)15(16-10-12)13-5-3-2-4-6-13/h2-7,12,14-15H,8-10H2,1H3/t12-,14+,15?/m1/s1. The maximum Gasteiger partial charge on any atom is 0.0890 e. The van der Waals surface area contributed by atoms with E-state index < -0.39 is 0 Å². The first-order valence-electron chi connectivity index (χ1n) is 6.18. The second-order valence-electron chi connectivity index (χ2n) is 5.06. The Balaban J connectivity index is 1.91. The fourth-order valence-electron chi connectivity index (χ4n) is 2.97. The fourth-order valence-corrected chi connectivity index (χ4v) is 2.97. The van der Waals surface area contributed by atoms with Gasteiger partial charge in [-0.15, -0.1) is 0 Å². The molecule has 1 heterocycles. The van der Waals surface area contributed by atoms with Crippen molar-refractivity contribution in [3.63, 3.8) is 0 Å². The van der Waals surface area contributed by atoms with Gasteiger partial charge in [0.2, 0.25) is 0 Å². The number of hydrogen-bond donors (Lipinski definition) is 0. The topological polar surface area (TPSA) is 9.23 Å². The van der Waals surface area contributed by atoms with Crippen LogP contribution >= 0.6 is 0 Å². The van der Waals surface area contributed by atoms with Gasteiger partial charge < -0.3 is 4.74 Å². The van der Waals surface area contributed by atoms with Crippen LogP contribution in [0, 0.1) is 11.8 Å². The molecule has 0 aromatic heterocycles. The summed E-state index contributed by atoms with van der Waals surface area (Å²) in [5.74, 6) is 1.36. The predicted molar refractivity (Wildman–Crippen MR) is 65.1 cm³/mol. The lowest BCUT2D eigenvalue weighted by atomic mass is 9.75. The Bertz CT molecular complexity index is 393. The monoisotopic (exact) mass is 214 g/mol. The molecule has 1 aliphatic carbocycles. The molecule has 3 atom stereocenters. The third kappa shape index (κ3) is 1.69. The van der Waals surface area contributed by atoms with Gasteiger partial charge in [0.1, 0.15) is 0 Å². The van der Waals surface area contributed by atoms with E-state index in [1.54, 1.807) is 0 Å². The Morgan fingerprint density at radius 1 is 1.19 bits per heavy atom. The number of fused-ring (bicyclic) bond motifs is 2. The molecule has 1 fully saturated rings. The summed E-state index contributed by atoms with van der Waals surface area (Å²) in [6.45, 7) is 3.19. The van der Waals surface area contributed by atoms with Crippen LogP contribution in [0.25, 0.3) is 0 Å². The lowest BCUT2D eigenvalue weighted by molar-refractivity contribution is -0.0512. The van der Waals surface area contributed by atoms with Gasteiger partial charge in [0.25, 0.3) is 0 Å². The second kappa shape index (κ2) is 4.06. The van der Waals surface area contributed by atoms with Gasteiger partial charge in [-0.05, 0) is 31.2 Å². The minimum absolute atomic E-state index is 0.286. The molecule has 0 radical (unpaired) electrons. The molecule has 1 aromatic carbocycles. The average Bonchev–Trinajstić information content (AvgIpc) is 2.36. The van der Waals surface area contributed by atoms with E-state index in [0.717, 1.165) is 12.5 Å². The van der Waals surface area contributed by atoms with Crippen molar-refractivity contribution in [1.82, 2.24) is 0 Å². The van der Waals surface area contributed by atoms with Crippen LogP contribution in [0.2, 0.25) is 0 Å². The first kappa shape index (κ1) is 10.1. The van der Waals surface area contributed by atoms with E-state index in [1.807, 2.05) is 0 Å². The minimum atomic E-state index is 0.286. The fraction of sp³-hybridized carbons (Fsp3) is 0.467. The van der Waals surface area contributed by atoms with Crippen molar-refractivity contribution in [3.05, 3.63) is 47.5 Å². The van der Waals surface area contributed by atoms with Gasteiger partial charge in [-0.3, -0.25) is 0 Å². The summed E-state index contributed by atoms with van der Waals surface area (Å²) in [6.07, 6.45) is 5.22. The van der Waals surface area contributed by atoms with Crippen molar-refractivity contribution in [2.75, 3.05) is 6.61 Å². The van der Waals surface area contributed by atoms with Crippen molar-refractivity contribution in [1.29, 1.82) is 0 Å². The normalized spacial score (nSPS) is 33.3. The van der Waals surface area contributed by atoms with Gasteiger partial charge in [-0.1, -0.05) is 42.0 Å². The molecule has 1 unspecified atom stereocenters. The summed E-state index contributed by atoms with van der Waals surface area (Å²) in [4.78, 5) is 0. The molecule has 0 spiro atoms. The van der Waals surface area contributed by atoms with Crippen LogP contribution < -0.4 is 0 Å². The smallest absolute Gasteiger partial charge is 0.0890 e. The summed E-state index contributed by atoms with van der Waals surface area (Å²) >= 11 is 0. The van der Waals surface area contributed by atoms with Crippen molar-refractivity contribution >= 4 is 0 Å². The van der Waals surface area contributed by atoms with Crippen LogP contribution in [-0.4, -0.2) is 6.61 Å². The van der Waals surface area contributed by atoms with Crippen molar-refractivity contribution < 1.29 is 4.74 Å². The van der Waals surface area contributed by atoms with E-state index in [9.17, 15) is 0 Å². The minimum Gasteiger partial charge on any atom is -0.373 e. The molecule has 1 aromatic rings. The van der Waals surface area contributed by atoms with Crippen molar-refractivity contribution in [3.8, 4) is 0 Å². The molecule has 1 nitrogen and oxygen atoms in total. The highest BCUT2D eigenvalue weighted by Gasteiger charge is 2.35. The Morgan fingerprint density at radius 2 is 2.00 bits per heavy atom. The number of rotatable bonds is 1. The molecule has 3 rings (SSSR count). The quantitative estimate of drug-likeness (QED) is 0.647. The van der Waals surface area contributed by atoms with Gasteiger partial charge in [0.05, 0.1) is 12.7 Å². The number of hydrogen-bond acceptors (Lipinski definition) is 1. The Labute approximate surface area is 97.1 Å². The largest absolute Gasteiger partial charge is 0.373 e. The summed E-state index contributed by atoms with van der Waals surface area (Å²) in [5, 5.41) is 0. The van der Waals surface area contributed by atoms with E-state index in [-0.39, 0.29) is 6.10 Å². The highest BCUT2D eigenvalue weighted by molar-refractivity contribution is 5.23. The summed E-state index contributed by atoms with van der Waals surface area (Å²) in [5.41, 5.74) is 2.85. The lowest BCUT2D eigenvalue weighted by Gasteiger charge is -2.40. The zero-order valence-electron chi connectivity index (χ0n) is 9.73. The highest BCUT2D eigenvalue weighted by atomic mass is 16.5. The molecule has 1 aliphatic heterocycles. The molecular formula is C15H18O. The van der Waals surface area contributed by atoms with Crippen LogP contribution in [0.4, 0.5) is 0 Å². The number of allylic oxidation sites excluding steroid dienone is 1. The second-order valence-corrected chi connectivity index (χ2v) is 5.06. The van der Waals surface area contributed by atoms with Crippen LogP contribution in [0.5, 0.6) is 0 Å². The van der Waals surface area contributed by atoms with Crippen LogP contribution in [0.3, 0.4) is 0 Å². The van der Waals surface area contributed by atoms with Gasteiger partial charge in [-0.2, -0.15) is 0 Å². The predicted octanol–water partition coefficient (Wildman–Crippen LogP) is 3.73. The summed E-state index contributed by atoms with van der Waals surface area (Å²) in [6, 6.07) is 10.7. The Hall–Kier alpha value is -1.08. The molecule has 2 aliphatic rings. The molecule has 2 bridgehead atoms. The van der Waals surface area contributed by atoms with Crippen LogP contribution in [-0.2, 0) is 4.74 Å². The van der Waals surface area contributed by atoms with Crippen molar-refractivity contribution in [2.45, 2.75) is 25.9 Å². The third-order valence-corrected chi connectivity index (χ3v) is 3.95. The Morgan fingerprint density at radius 3 is 2.81 bits per heavy atom. The van der Waals surface area contributed by atoms with E-state index in [0.29, 0.717) is 5.92 Å². The molecular weight excluding hydrogens is 196 g/mol. The van der Waals surface area contributed by atoms with E-state index in [4.69, 9.17) is 4.74 Å². The van der Waals surface area contributed by atoms with Gasteiger partial charge in [-0.25, -0.2) is 0 Å². The first-order chi connectivity index (χ1) is 7.84. The highest BCUT2D eigenvalue weighted by Crippen LogP contribution is 2.43. The van der Waals surface area contributed by atoms with Gasteiger partial charge in [0, 0.05) is 5.92 Å². The summed E-state index contributed by atoms with van der Waals surface area (Å²) in [7, 11) is 0. The maximum atomic E-state index is 6.06. The molecule has 84 valence electrons. The molecule has 1 heteroatoms. The summed E-state index contributed by atoms with van der Waals surface area (Å²) < 4.78 is 6.06. The molecule has 1 saturated heterocycles. The third-order valence-electron chi connectivity index (χ3n) is 3.95. The lowest BCUT2D eigenvalue weighted by Crippen LogP contribution is -2.32. The van der Waals surface area contributed by atoms with Gasteiger partial charge >= 0.3 is 0 Å². The van der Waals surface area contributed by atoms with E-state index >= 15 is 0 Å². The van der Waals surface area contributed by atoms with Crippen LogP contribution in [0.15, 0.2) is 42.0 Å². The van der Waals surface area contributed by atoms with Gasteiger partial charge in [0.15, 0.2) is 0 Å². The van der Waals surface area contributed by atoms with Crippen LogP contribution in [0.1, 0.15) is 31.4 Å². The van der Waals surface area contributed by atoms with E-state index in [1.165, 1.54) is 24.0 Å². The molecule has 16 heavy (non-hydrogen) atoms. The Kier molecular flexibility index (Phi) is 2.56. The first-order valence-corrected chi connectivity index (χ1v) is 6.18. The zero-order valence-corrected chi connectivity index (χ0v) is 9.73. The SMILES string of the molecule is CC1=CC[C@H]2COC(c3ccccc3)[C@H]1C2. The average molecular weight is 214 g/mol. The maximum absolute atomic E-state index is 6.06. The molecule has 0 amide bonds. The van der Waals surface area contributed by atoms with Crippen molar-refractivity contribution in [2.24, 2.45) is 11.8 Å². The number of ether oxygens (including phenoxy) is 1. The molecule has 0 N–H and O–H groups in total. The van der Waals surface area contributed by atoms with E-state index in [2.05, 4.69) is 43.3 Å². The molecule has 0 saturated carbocycles. The zero-order chi connectivity index (χ0) is 11.0.